The van der Waals surface area contributed by atoms with Crippen molar-refractivity contribution in [3.05, 3.63) is 0 Å². The first-order valence-electron chi connectivity index (χ1n) is 8.54. The van der Waals surface area contributed by atoms with E-state index in [4.69, 9.17) is 4.74 Å². The van der Waals surface area contributed by atoms with E-state index in [1.807, 2.05) is 27.7 Å². The van der Waals surface area contributed by atoms with E-state index < -0.39 is 0 Å². The maximum Gasteiger partial charge on any atom is 0.317 e. The van der Waals surface area contributed by atoms with Gasteiger partial charge in [-0.05, 0) is 34.1 Å². The average Bonchev–Trinajstić information content (AvgIpc) is 2.46. The van der Waals surface area contributed by atoms with E-state index in [1.54, 1.807) is 4.90 Å². The first-order valence-corrected chi connectivity index (χ1v) is 8.54. The second kappa shape index (κ2) is 10.4. The highest BCUT2D eigenvalue weighted by molar-refractivity contribution is 5.78. The van der Waals surface area contributed by atoms with Crippen molar-refractivity contribution in [1.29, 1.82) is 0 Å². The van der Waals surface area contributed by atoms with Gasteiger partial charge in [-0.1, -0.05) is 0 Å². The van der Waals surface area contributed by atoms with Gasteiger partial charge < -0.3 is 20.3 Å². The molecule has 1 aliphatic rings. The zero-order chi connectivity index (χ0) is 17.2. The molecule has 1 saturated heterocycles. The maximum atomic E-state index is 12.0. The average molecular weight is 328 g/mol. The molecule has 23 heavy (non-hydrogen) atoms. The Balaban J connectivity index is 2.15. The molecule has 0 bridgehead atoms. The van der Waals surface area contributed by atoms with Crippen LogP contribution in [0, 0.1) is 0 Å². The smallest absolute Gasteiger partial charge is 0.317 e. The number of hydrogen-bond donors (Lipinski definition) is 2. The normalized spacial score (nSPS) is 16.0. The lowest BCUT2D eigenvalue weighted by atomic mass is 10.3. The highest BCUT2D eigenvalue weighted by atomic mass is 16.5. The SMILES string of the molecule is CC(C)NC(=O)CN1CCN(C(=O)NCCCOC(C)C)CC1. The van der Waals surface area contributed by atoms with Gasteiger partial charge in [0.2, 0.25) is 5.91 Å². The summed E-state index contributed by atoms with van der Waals surface area (Å²) in [6, 6.07) is 0.134. The number of ether oxygens (including phenoxy) is 1. The molecule has 0 unspecified atom stereocenters. The summed E-state index contributed by atoms with van der Waals surface area (Å²) < 4.78 is 5.44. The van der Waals surface area contributed by atoms with Crippen LogP contribution in [0.2, 0.25) is 0 Å². The van der Waals surface area contributed by atoms with Crippen LogP contribution in [0.15, 0.2) is 0 Å². The molecule has 0 saturated carbocycles. The molecule has 0 aromatic rings. The van der Waals surface area contributed by atoms with Crippen LogP contribution < -0.4 is 10.6 Å². The number of carbonyl (C=O) groups excluding carboxylic acids is 2. The molecular weight excluding hydrogens is 296 g/mol. The van der Waals surface area contributed by atoms with E-state index in [1.165, 1.54) is 0 Å². The van der Waals surface area contributed by atoms with E-state index >= 15 is 0 Å². The van der Waals surface area contributed by atoms with Crippen LogP contribution in [0.5, 0.6) is 0 Å². The van der Waals surface area contributed by atoms with Crippen LogP contribution >= 0.6 is 0 Å². The second-order valence-corrected chi connectivity index (χ2v) is 6.49. The zero-order valence-electron chi connectivity index (χ0n) is 14.9. The lowest BCUT2D eigenvalue weighted by Crippen LogP contribution is -2.53. The molecule has 3 amide bonds. The molecule has 0 radical (unpaired) electrons. The Bertz CT molecular complexity index is 366. The minimum atomic E-state index is -0.0270. The fourth-order valence-electron chi connectivity index (χ4n) is 2.38. The van der Waals surface area contributed by atoms with E-state index in [0.717, 1.165) is 19.5 Å². The van der Waals surface area contributed by atoms with Crippen molar-refractivity contribution in [1.82, 2.24) is 20.4 Å². The van der Waals surface area contributed by atoms with Crippen molar-refractivity contribution in [3.8, 4) is 0 Å². The monoisotopic (exact) mass is 328 g/mol. The summed E-state index contributed by atoms with van der Waals surface area (Å²) in [6.07, 6.45) is 1.05. The summed E-state index contributed by atoms with van der Waals surface area (Å²) in [4.78, 5) is 27.7. The van der Waals surface area contributed by atoms with Gasteiger partial charge in [-0.3, -0.25) is 9.69 Å². The molecule has 7 heteroatoms. The van der Waals surface area contributed by atoms with Crippen molar-refractivity contribution in [2.45, 2.75) is 46.3 Å². The Morgan fingerprint density at radius 2 is 1.74 bits per heavy atom. The van der Waals surface area contributed by atoms with Crippen molar-refractivity contribution in [3.63, 3.8) is 0 Å². The van der Waals surface area contributed by atoms with Crippen LogP contribution in [0.4, 0.5) is 4.79 Å². The molecule has 1 heterocycles. The van der Waals surface area contributed by atoms with E-state index in [9.17, 15) is 9.59 Å². The van der Waals surface area contributed by atoms with Gasteiger partial charge in [0.05, 0.1) is 12.6 Å². The third kappa shape index (κ3) is 8.76. The lowest BCUT2D eigenvalue weighted by molar-refractivity contribution is -0.123. The predicted molar refractivity (Wildman–Crippen MR) is 90.4 cm³/mol. The van der Waals surface area contributed by atoms with Crippen LogP contribution in [-0.2, 0) is 9.53 Å². The number of rotatable bonds is 8. The summed E-state index contributed by atoms with van der Waals surface area (Å²) in [5.41, 5.74) is 0. The highest BCUT2D eigenvalue weighted by Gasteiger charge is 2.22. The Kier molecular flexibility index (Phi) is 8.94. The molecule has 0 aromatic carbocycles. The van der Waals surface area contributed by atoms with Gasteiger partial charge >= 0.3 is 6.03 Å². The van der Waals surface area contributed by atoms with Gasteiger partial charge in [0, 0.05) is 45.4 Å². The number of nitrogens with zero attached hydrogens (tertiary/aromatic N) is 2. The van der Waals surface area contributed by atoms with Crippen molar-refractivity contribution in [2.24, 2.45) is 0 Å². The highest BCUT2D eigenvalue weighted by Crippen LogP contribution is 2.02. The number of piperazine rings is 1. The van der Waals surface area contributed by atoms with Crippen LogP contribution in [0.25, 0.3) is 0 Å². The lowest BCUT2D eigenvalue weighted by Gasteiger charge is -2.34. The number of nitrogens with one attached hydrogen (secondary N) is 2. The molecule has 0 atom stereocenters. The molecule has 0 aliphatic carbocycles. The van der Waals surface area contributed by atoms with Crippen LogP contribution in [0.1, 0.15) is 34.1 Å². The van der Waals surface area contributed by atoms with Crippen molar-refractivity contribution < 1.29 is 14.3 Å². The van der Waals surface area contributed by atoms with E-state index in [-0.39, 0.29) is 24.1 Å². The van der Waals surface area contributed by atoms with Crippen LogP contribution in [-0.4, -0.2) is 79.8 Å². The Morgan fingerprint density at radius 3 is 2.30 bits per heavy atom. The summed E-state index contributed by atoms with van der Waals surface area (Å²) in [5, 5.41) is 5.80. The topological polar surface area (TPSA) is 73.9 Å². The van der Waals surface area contributed by atoms with Gasteiger partial charge in [-0.15, -0.1) is 0 Å². The van der Waals surface area contributed by atoms with Crippen LogP contribution in [0.3, 0.4) is 0 Å². The molecule has 1 rings (SSSR count). The predicted octanol–water partition coefficient (Wildman–Crippen LogP) is 0.653. The standard InChI is InChI=1S/C16H32N4O3/c1-13(2)18-15(21)12-19-7-9-20(10-8-19)16(22)17-6-5-11-23-14(3)4/h13-14H,5-12H2,1-4H3,(H,17,22)(H,18,21). The number of urea groups is 1. The van der Waals surface area contributed by atoms with E-state index in [2.05, 4.69) is 15.5 Å². The molecule has 2 N–H and O–H groups in total. The zero-order valence-corrected chi connectivity index (χ0v) is 14.9. The third-order valence-electron chi connectivity index (χ3n) is 3.52. The molecular formula is C16H32N4O3. The van der Waals surface area contributed by atoms with Crippen molar-refractivity contribution >= 4 is 11.9 Å². The Morgan fingerprint density at radius 1 is 1.09 bits per heavy atom. The third-order valence-corrected chi connectivity index (χ3v) is 3.52. The van der Waals surface area contributed by atoms with Gasteiger partial charge in [0.15, 0.2) is 0 Å². The minimum Gasteiger partial charge on any atom is -0.379 e. The number of amides is 3. The molecule has 1 fully saturated rings. The maximum absolute atomic E-state index is 12.0. The number of hydrogen-bond acceptors (Lipinski definition) is 4. The molecule has 0 aromatic heterocycles. The minimum absolute atomic E-state index is 0.0270. The molecule has 134 valence electrons. The number of carbonyl (C=O) groups is 2. The van der Waals surface area contributed by atoms with Crippen molar-refractivity contribution in [2.75, 3.05) is 45.9 Å². The Labute approximate surface area is 139 Å². The molecule has 7 nitrogen and oxygen atoms in total. The first kappa shape index (κ1) is 19.7. The fourth-order valence-corrected chi connectivity index (χ4v) is 2.38. The first-order chi connectivity index (χ1) is 10.9. The van der Waals surface area contributed by atoms with Gasteiger partial charge in [0.25, 0.3) is 0 Å². The Hall–Kier alpha value is -1.34. The largest absolute Gasteiger partial charge is 0.379 e. The molecule has 1 aliphatic heterocycles. The van der Waals surface area contributed by atoms with Gasteiger partial charge in [0.1, 0.15) is 0 Å². The summed E-state index contributed by atoms with van der Waals surface area (Å²) >= 11 is 0. The fraction of sp³-hybridized carbons (Fsp3) is 0.875. The quantitative estimate of drug-likeness (QED) is 0.642. The molecule has 0 spiro atoms. The van der Waals surface area contributed by atoms with E-state index in [0.29, 0.717) is 32.8 Å². The summed E-state index contributed by atoms with van der Waals surface area (Å²) in [7, 11) is 0. The second-order valence-electron chi connectivity index (χ2n) is 6.49. The summed E-state index contributed by atoms with van der Waals surface area (Å²) in [6.45, 7) is 12.4. The van der Waals surface area contributed by atoms with Gasteiger partial charge in [-0.2, -0.15) is 0 Å². The van der Waals surface area contributed by atoms with Gasteiger partial charge in [-0.25, -0.2) is 4.79 Å². The summed E-state index contributed by atoms with van der Waals surface area (Å²) in [5.74, 6) is 0.0445.